The number of terminal acetylenes is 1. The molecule has 0 fully saturated rings. The monoisotopic (exact) mass is 493 g/mol. The minimum atomic E-state index is -0.662. The molecule has 7 heteroatoms. The lowest BCUT2D eigenvalue weighted by atomic mass is 9.79. The van der Waals surface area contributed by atoms with E-state index in [1.165, 1.54) is 14.2 Å². The largest absolute Gasteiger partial charge is 0.493 e. The van der Waals surface area contributed by atoms with Crippen molar-refractivity contribution in [1.82, 2.24) is 5.32 Å². The molecule has 1 N–H and O–H groups in total. The Morgan fingerprint density at radius 1 is 1.22 bits per heavy atom. The number of allylic oxidation sites excluding steroid dienone is 2. The fourth-order valence-electron chi connectivity index (χ4n) is 4.20. The zero-order valence-electron chi connectivity index (χ0n) is 17.7. The Hall–Kier alpha value is -3.50. The summed E-state index contributed by atoms with van der Waals surface area (Å²) in [6.45, 7) is 1.86. The highest BCUT2D eigenvalue weighted by molar-refractivity contribution is 9.10. The lowest BCUT2D eigenvalue weighted by Crippen LogP contribution is -2.29. The van der Waals surface area contributed by atoms with E-state index in [-0.39, 0.29) is 12.4 Å². The maximum absolute atomic E-state index is 13.5. The van der Waals surface area contributed by atoms with Crippen LogP contribution in [0.5, 0.6) is 11.5 Å². The number of hydrogen-bond donors (Lipinski definition) is 1. The second kappa shape index (κ2) is 8.56. The molecule has 4 rings (SSSR count). The summed E-state index contributed by atoms with van der Waals surface area (Å²) in [7, 11) is 2.84. The van der Waals surface area contributed by atoms with Crippen molar-refractivity contribution in [2.75, 3.05) is 20.8 Å². The molecule has 0 amide bonds. The summed E-state index contributed by atoms with van der Waals surface area (Å²) < 4.78 is 16.8. The van der Waals surface area contributed by atoms with E-state index in [0.29, 0.717) is 49.6 Å². The molecule has 1 atom stereocenters. The molecule has 32 heavy (non-hydrogen) atoms. The number of methoxy groups -OCH3 is 2. The van der Waals surface area contributed by atoms with Crippen molar-refractivity contribution in [3.05, 3.63) is 74.4 Å². The van der Waals surface area contributed by atoms with E-state index in [9.17, 15) is 9.59 Å². The van der Waals surface area contributed by atoms with Crippen LogP contribution in [0.2, 0.25) is 0 Å². The summed E-state index contributed by atoms with van der Waals surface area (Å²) in [6, 6.07) is 10.9. The highest BCUT2D eigenvalue weighted by atomic mass is 79.9. The molecule has 162 valence electrons. The Morgan fingerprint density at radius 3 is 2.59 bits per heavy atom. The van der Waals surface area contributed by atoms with Crippen molar-refractivity contribution in [2.24, 2.45) is 0 Å². The van der Waals surface area contributed by atoms with Crippen molar-refractivity contribution in [3.8, 4) is 23.8 Å². The third-order valence-corrected chi connectivity index (χ3v) is 6.13. The third kappa shape index (κ3) is 3.37. The average Bonchev–Trinajstić information content (AvgIpc) is 3.08. The molecule has 1 aliphatic heterocycles. The van der Waals surface area contributed by atoms with Crippen LogP contribution in [0.1, 0.15) is 34.3 Å². The van der Waals surface area contributed by atoms with Crippen molar-refractivity contribution < 1.29 is 23.8 Å². The first kappa shape index (κ1) is 21.7. The van der Waals surface area contributed by atoms with Gasteiger partial charge >= 0.3 is 5.97 Å². The molecule has 1 heterocycles. The molecule has 0 aromatic heterocycles. The highest BCUT2D eigenvalue weighted by Gasteiger charge is 2.43. The Kier molecular flexibility index (Phi) is 5.81. The summed E-state index contributed by atoms with van der Waals surface area (Å²) in [4.78, 5) is 26.3. The van der Waals surface area contributed by atoms with Gasteiger partial charge in [-0.2, -0.15) is 0 Å². The van der Waals surface area contributed by atoms with Crippen LogP contribution in [0.3, 0.4) is 0 Å². The van der Waals surface area contributed by atoms with Gasteiger partial charge in [0.25, 0.3) is 0 Å². The normalized spacial score (nSPS) is 16.7. The molecule has 0 saturated carbocycles. The summed E-state index contributed by atoms with van der Waals surface area (Å²) in [5.74, 6) is 1.98. The van der Waals surface area contributed by atoms with E-state index in [1.807, 2.05) is 24.3 Å². The number of benzene rings is 2. The standard InChI is InChI=1S/C25H20BrNO5/c1-5-10-32-24-17(26)11-14(12-18(24)30-3)20-19(25(29)31-4)13(2)27-22-15-8-6-7-9-16(15)23(28)21(20)22/h1,6-9,11-12,20,27H,10H2,2-4H3. The lowest BCUT2D eigenvalue weighted by Gasteiger charge is -2.29. The quantitative estimate of drug-likeness (QED) is 0.496. The van der Waals surface area contributed by atoms with Gasteiger partial charge in [0, 0.05) is 28.3 Å². The maximum Gasteiger partial charge on any atom is 0.336 e. The Morgan fingerprint density at radius 2 is 1.94 bits per heavy atom. The maximum atomic E-state index is 13.5. The summed E-state index contributed by atoms with van der Waals surface area (Å²) in [5, 5.41) is 3.26. The number of dihydropyridines is 1. The van der Waals surface area contributed by atoms with Crippen LogP contribution in [-0.4, -0.2) is 32.6 Å². The molecule has 2 aliphatic rings. The molecule has 0 spiro atoms. The number of carbonyl (C=O) groups excluding carboxylic acids is 2. The topological polar surface area (TPSA) is 73.9 Å². The highest BCUT2D eigenvalue weighted by Crippen LogP contribution is 2.49. The Bertz CT molecular complexity index is 1250. The average molecular weight is 494 g/mol. The molecule has 1 aliphatic carbocycles. The van der Waals surface area contributed by atoms with Gasteiger partial charge in [0.1, 0.15) is 6.61 Å². The number of Topliss-reactive ketones (excluding diaryl/α,β-unsaturated/α-hetero) is 1. The van der Waals surface area contributed by atoms with E-state index in [1.54, 1.807) is 19.1 Å². The van der Waals surface area contributed by atoms with E-state index < -0.39 is 11.9 Å². The number of rotatable bonds is 5. The Labute approximate surface area is 194 Å². The van der Waals surface area contributed by atoms with Crippen LogP contribution in [-0.2, 0) is 9.53 Å². The number of fused-ring (bicyclic) bond motifs is 2. The zero-order chi connectivity index (χ0) is 23.0. The number of nitrogens with one attached hydrogen (secondary N) is 1. The number of ketones is 1. The van der Waals surface area contributed by atoms with E-state index in [2.05, 4.69) is 27.2 Å². The van der Waals surface area contributed by atoms with E-state index in [0.717, 1.165) is 5.56 Å². The SMILES string of the molecule is C#CCOc1c(Br)cc(C2C(C(=O)OC)=C(C)NC3=C2C(=O)c2ccccc23)cc1OC. The summed E-state index contributed by atoms with van der Waals surface area (Å²) >= 11 is 3.52. The van der Waals surface area contributed by atoms with Crippen molar-refractivity contribution in [2.45, 2.75) is 12.8 Å². The number of esters is 1. The first-order chi connectivity index (χ1) is 15.4. The van der Waals surface area contributed by atoms with Crippen LogP contribution in [0.4, 0.5) is 0 Å². The van der Waals surface area contributed by atoms with E-state index >= 15 is 0 Å². The number of halogens is 1. The number of ether oxygens (including phenoxy) is 3. The summed E-state index contributed by atoms with van der Waals surface area (Å²) in [5.41, 5.74) is 4.24. The van der Waals surface area contributed by atoms with Crippen molar-refractivity contribution in [1.29, 1.82) is 0 Å². The first-order valence-electron chi connectivity index (χ1n) is 9.81. The van der Waals surface area contributed by atoms with Crippen LogP contribution >= 0.6 is 15.9 Å². The molecular weight excluding hydrogens is 474 g/mol. The van der Waals surface area contributed by atoms with E-state index in [4.69, 9.17) is 20.6 Å². The number of carbonyl (C=O) groups is 2. The second-order valence-electron chi connectivity index (χ2n) is 7.28. The minimum absolute atomic E-state index is 0.0666. The van der Waals surface area contributed by atoms with Gasteiger partial charge in [-0.3, -0.25) is 4.79 Å². The summed E-state index contributed by atoms with van der Waals surface area (Å²) in [6.07, 6.45) is 5.32. The van der Waals surface area contributed by atoms with Gasteiger partial charge < -0.3 is 19.5 Å². The number of hydrogen-bond acceptors (Lipinski definition) is 6. The Balaban J connectivity index is 1.94. The minimum Gasteiger partial charge on any atom is -0.493 e. The van der Waals surface area contributed by atoms with Gasteiger partial charge in [-0.1, -0.05) is 30.2 Å². The molecule has 2 aromatic rings. The smallest absolute Gasteiger partial charge is 0.336 e. The van der Waals surface area contributed by atoms with Gasteiger partial charge in [-0.25, -0.2) is 4.79 Å². The van der Waals surface area contributed by atoms with Gasteiger partial charge in [-0.15, -0.1) is 6.42 Å². The first-order valence-corrected chi connectivity index (χ1v) is 10.6. The molecule has 0 bridgehead atoms. The molecule has 1 unspecified atom stereocenters. The molecule has 6 nitrogen and oxygen atoms in total. The lowest BCUT2D eigenvalue weighted by molar-refractivity contribution is -0.136. The van der Waals surface area contributed by atoms with Gasteiger partial charge in [0.2, 0.25) is 0 Å². The van der Waals surface area contributed by atoms with Crippen LogP contribution < -0.4 is 14.8 Å². The fourth-order valence-corrected chi connectivity index (χ4v) is 4.78. The molecule has 0 radical (unpaired) electrons. The third-order valence-electron chi connectivity index (χ3n) is 5.54. The predicted molar refractivity (Wildman–Crippen MR) is 123 cm³/mol. The molecular formula is C25H20BrNO5. The van der Waals surface area contributed by atoms with Crippen LogP contribution in [0, 0.1) is 12.3 Å². The van der Waals surface area contributed by atoms with Crippen LogP contribution in [0.25, 0.3) is 5.70 Å². The van der Waals surface area contributed by atoms with Gasteiger partial charge in [-0.05, 0) is 40.5 Å². The molecule has 2 aromatic carbocycles. The fraction of sp³-hybridized carbons (Fsp3) is 0.200. The predicted octanol–water partition coefficient (Wildman–Crippen LogP) is 4.21. The zero-order valence-corrected chi connectivity index (χ0v) is 19.3. The van der Waals surface area contributed by atoms with Crippen molar-refractivity contribution in [3.63, 3.8) is 0 Å². The second-order valence-corrected chi connectivity index (χ2v) is 8.13. The van der Waals surface area contributed by atoms with Crippen LogP contribution in [0.15, 0.2) is 57.7 Å². The van der Waals surface area contributed by atoms with Gasteiger partial charge in [0.05, 0.1) is 30.0 Å². The molecule has 0 saturated heterocycles. The van der Waals surface area contributed by atoms with Crippen molar-refractivity contribution >= 4 is 33.4 Å². The van der Waals surface area contributed by atoms with Gasteiger partial charge in [0.15, 0.2) is 17.3 Å².